The number of nitrogens with one attached hydrogen (secondary N) is 1. The quantitative estimate of drug-likeness (QED) is 0.464. The molecule has 2 aromatic carbocycles. The Balaban J connectivity index is 1.89. The molecule has 2 heterocycles. The fourth-order valence-electron chi connectivity index (χ4n) is 3.94. The highest BCUT2D eigenvalue weighted by molar-refractivity contribution is 5.93. The van der Waals surface area contributed by atoms with Gasteiger partial charge in [-0.1, -0.05) is 30.3 Å². The van der Waals surface area contributed by atoms with Crippen LogP contribution in [0.3, 0.4) is 0 Å². The molecule has 4 rings (SSSR count). The summed E-state index contributed by atoms with van der Waals surface area (Å²) in [5, 5.41) is 2.50. The summed E-state index contributed by atoms with van der Waals surface area (Å²) in [7, 11) is 0. The Bertz CT molecular complexity index is 1450. The fraction of sp³-hybridized carbons (Fsp3) is 0.200. The predicted molar refractivity (Wildman–Crippen MR) is 122 cm³/mol. The van der Waals surface area contributed by atoms with Gasteiger partial charge in [-0.2, -0.15) is 13.2 Å². The molecule has 6 nitrogen and oxygen atoms in total. The van der Waals surface area contributed by atoms with Crippen LogP contribution in [0.2, 0.25) is 0 Å². The van der Waals surface area contributed by atoms with E-state index in [1.165, 1.54) is 29.0 Å². The van der Waals surface area contributed by atoms with Crippen molar-refractivity contribution in [3.63, 3.8) is 0 Å². The molecule has 2 aromatic heterocycles. The summed E-state index contributed by atoms with van der Waals surface area (Å²) in [4.78, 5) is 34.8. The maximum atomic E-state index is 13.7. The Morgan fingerprint density at radius 3 is 2.41 bits per heavy atom. The molecule has 34 heavy (non-hydrogen) atoms. The minimum absolute atomic E-state index is 0.131. The molecule has 0 unspecified atom stereocenters. The molecule has 1 amide bonds. The molecule has 9 heteroatoms. The van der Waals surface area contributed by atoms with E-state index in [4.69, 9.17) is 0 Å². The van der Waals surface area contributed by atoms with Crippen LogP contribution in [0.4, 0.5) is 13.2 Å². The number of aryl methyl sites for hydroxylation is 2. The van der Waals surface area contributed by atoms with E-state index in [0.717, 1.165) is 6.07 Å². The van der Waals surface area contributed by atoms with Gasteiger partial charge in [-0.3, -0.25) is 19.1 Å². The van der Waals surface area contributed by atoms with E-state index in [0.29, 0.717) is 22.8 Å². The van der Waals surface area contributed by atoms with Gasteiger partial charge in [0.25, 0.3) is 11.5 Å². The number of para-hydroxylation sites is 1. The fourth-order valence-corrected chi connectivity index (χ4v) is 3.94. The number of halogens is 3. The zero-order valence-electron chi connectivity index (χ0n) is 18.6. The molecule has 0 aliphatic heterocycles. The van der Waals surface area contributed by atoms with Crippen LogP contribution >= 0.6 is 0 Å². The lowest BCUT2D eigenvalue weighted by atomic mass is 10.0. The number of hydrogen-bond donors (Lipinski definition) is 1. The highest BCUT2D eigenvalue weighted by atomic mass is 19.4. The van der Waals surface area contributed by atoms with Crippen LogP contribution in [0.25, 0.3) is 16.5 Å². The molecule has 0 spiro atoms. The van der Waals surface area contributed by atoms with Crippen molar-refractivity contribution in [1.82, 2.24) is 19.9 Å². The molecule has 0 fully saturated rings. The number of carbonyl (C=O) groups excluding carboxylic acids is 1. The van der Waals surface area contributed by atoms with Gasteiger partial charge in [0.2, 0.25) is 0 Å². The molecule has 4 aromatic rings. The first kappa shape index (κ1) is 23.2. The second-order valence-electron chi connectivity index (χ2n) is 7.95. The number of fused-ring (bicyclic) bond motifs is 1. The Morgan fingerprint density at radius 1 is 1.06 bits per heavy atom. The van der Waals surface area contributed by atoms with Crippen LogP contribution in [0, 0.1) is 13.8 Å². The molecule has 1 atom stereocenters. The number of hydrogen-bond acceptors (Lipinski definition) is 4. The lowest BCUT2D eigenvalue weighted by Gasteiger charge is -2.22. The largest absolute Gasteiger partial charge is 0.417 e. The molecular weight excluding hydrogens is 445 g/mol. The maximum Gasteiger partial charge on any atom is 0.417 e. The smallest absolute Gasteiger partial charge is 0.343 e. The van der Waals surface area contributed by atoms with Crippen LogP contribution in [0.5, 0.6) is 0 Å². The van der Waals surface area contributed by atoms with E-state index >= 15 is 0 Å². The van der Waals surface area contributed by atoms with Gasteiger partial charge < -0.3 is 5.32 Å². The normalized spacial score (nSPS) is 12.5. The molecule has 0 saturated carbocycles. The minimum Gasteiger partial charge on any atom is -0.343 e. The van der Waals surface area contributed by atoms with Gasteiger partial charge >= 0.3 is 6.18 Å². The van der Waals surface area contributed by atoms with Crippen molar-refractivity contribution in [3.05, 3.63) is 99.5 Å². The van der Waals surface area contributed by atoms with Gasteiger partial charge in [-0.05, 0) is 50.4 Å². The highest BCUT2D eigenvalue weighted by Crippen LogP contribution is 2.34. The number of benzene rings is 2. The Morgan fingerprint density at radius 2 is 1.76 bits per heavy atom. The first-order chi connectivity index (χ1) is 16.1. The molecule has 0 radical (unpaired) electrons. The molecule has 0 saturated heterocycles. The lowest BCUT2D eigenvalue weighted by molar-refractivity contribution is -0.136. The molecule has 1 N–H and O–H groups in total. The van der Waals surface area contributed by atoms with Crippen LogP contribution in [-0.4, -0.2) is 20.4 Å². The number of amides is 1. The summed E-state index contributed by atoms with van der Waals surface area (Å²) < 4.78 is 42.3. The van der Waals surface area contributed by atoms with Gasteiger partial charge in [-0.15, -0.1) is 0 Å². The summed E-state index contributed by atoms with van der Waals surface area (Å²) in [5.74, 6) is -0.506. The number of alkyl halides is 3. The zero-order valence-corrected chi connectivity index (χ0v) is 18.6. The van der Waals surface area contributed by atoms with Gasteiger partial charge in [0.05, 0.1) is 28.4 Å². The maximum absolute atomic E-state index is 13.7. The average molecular weight is 466 g/mol. The molecule has 0 aliphatic carbocycles. The van der Waals surface area contributed by atoms with Crippen molar-refractivity contribution in [2.75, 3.05) is 0 Å². The molecule has 174 valence electrons. The van der Waals surface area contributed by atoms with Gasteiger partial charge in [0, 0.05) is 17.6 Å². The van der Waals surface area contributed by atoms with E-state index in [9.17, 15) is 22.8 Å². The second kappa shape index (κ2) is 8.74. The number of nitrogens with zero attached hydrogens (tertiary/aromatic N) is 3. The zero-order chi connectivity index (χ0) is 24.6. The van der Waals surface area contributed by atoms with Crippen molar-refractivity contribution in [2.45, 2.75) is 33.0 Å². The third-order valence-corrected chi connectivity index (χ3v) is 5.47. The number of pyridine rings is 1. The second-order valence-corrected chi connectivity index (χ2v) is 7.95. The first-order valence-electron chi connectivity index (χ1n) is 10.5. The van der Waals surface area contributed by atoms with Gasteiger partial charge in [0.15, 0.2) is 0 Å². The molecule has 0 bridgehead atoms. The van der Waals surface area contributed by atoms with Crippen molar-refractivity contribution >= 4 is 16.7 Å². The first-order valence-corrected chi connectivity index (χ1v) is 10.5. The summed E-state index contributed by atoms with van der Waals surface area (Å²) in [6.07, 6.45) is -3.22. The van der Waals surface area contributed by atoms with Crippen molar-refractivity contribution in [3.8, 4) is 5.69 Å². The third-order valence-electron chi connectivity index (χ3n) is 5.47. The van der Waals surface area contributed by atoms with Crippen molar-refractivity contribution in [2.24, 2.45) is 0 Å². The van der Waals surface area contributed by atoms with Crippen LogP contribution in [0.1, 0.15) is 46.1 Å². The summed E-state index contributed by atoms with van der Waals surface area (Å²) in [6.45, 7) is 5.07. The standard InChI is InChI=1S/C25H21F3N4O2/c1-14-13-29-22(16(3)30-14)23(33)31-15(2)20-12-17-8-7-11-19(25(26,27)28)21(17)24(34)32(20)18-9-5-4-6-10-18/h4-13,15H,1-3H3,(H,31,33)/t15-/m0/s1. The van der Waals surface area contributed by atoms with Crippen molar-refractivity contribution < 1.29 is 18.0 Å². The van der Waals surface area contributed by atoms with E-state index in [1.54, 1.807) is 51.1 Å². The Labute approximate surface area is 193 Å². The van der Waals surface area contributed by atoms with Gasteiger partial charge in [0.1, 0.15) is 5.69 Å². The Hall–Kier alpha value is -4.01. The van der Waals surface area contributed by atoms with Crippen LogP contribution in [-0.2, 0) is 6.18 Å². The summed E-state index contributed by atoms with van der Waals surface area (Å²) >= 11 is 0. The van der Waals surface area contributed by atoms with Crippen LogP contribution in [0.15, 0.2) is 65.6 Å². The third kappa shape index (κ3) is 4.28. The number of rotatable bonds is 4. The summed E-state index contributed by atoms with van der Waals surface area (Å²) in [6, 6.07) is 12.7. The van der Waals surface area contributed by atoms with Crippen molar-refractivity contribution in [1.29, 1.82) is 0 Å². The molecule has 0 aliphatic rings. The van der Waals surface area contributed by atoms with Gasteiger partial charge in [-0.25, -0.2) is 4.98 Å². The van der Waals surface area contributed by atoms with E-state index in [1.807, 2.05) is 0 Å². The monoisotopic (exact) mass is 466 g/mol. The lowest BCUT2D eigenvalue weighted by Crippen LogP contribution is -2.33. The van der Waals surface area contributed by atoms with E-state index in [-0.39, 0.29) is 11.1 Å². The predicted octanol–water partition coefficient (Wildman–Crippen LogP) is 4.91. The Kier molecular flexibility index (Phi) is 5.95. The molecular formula is C25H21F3N4O2. The minimum atomic E-state index is -4.70. The highest BCUT2D eigenvalue weighted by Gasteiger charge is 2.34. The topological polar surface area (TPSA) is 76.9 Å². The van der Waals surface area contributed by atoms with E-state index in [2.05, 4.69) is 15.3 Å². The van der Waals surface area contributed by atoms with E-state index < -0.39 is 34.6 Å². The summed E-state index contributed by atoms with van der Waals surface area (Å²) in [5.41, 5.74) is 0.120. The number of carbonyl (C=O) groups is 1. The van der Waals surface area contributed by atoms with Crippen LogP contribution < -0.4 is 10.9 Å². The number of aromatic nitrogens is 3. The SMILES string of the molecule is Cc1cnc(C(=O)N[C@@H](C)c2cc3cccc(C(F)(F)F)c3c(=O)n2-c2ccccc2)c(C)n1. The average Bonchev–Trinajstić information content (AvgIpc) is 2.78.